The summed E-state index contributed by atoms with van der Waals surface area (Å²) in [5.74, 6) is 1.11. The van der Waals surface area contributed by atoms with E-state index in [1.165, 1.54) is 36.6 Å². The van der Waals surface area contributed by atoms with E-state index in [1.54, 1.807) is 0 Å². The number of aromatic nitrogens is 2. The summed E-state index contributed by atoms with van der Waals surface area (Å²) in [5.41, 5.74) is 2.22. The summed E-state index contributed by atoms with van der Waals surface area (Å²) in [5, 5.41) is 14.2. The van der Waals surface area contributed by atoms with Gasteiger partial charge in [0.1, 0.15) is 5.65 Å². The highest BCUT2D eigenvalue weighted by Crippen LogP contribution is 2.29. The SMILES string of the molecule is OCC1CCCCC1CNCc1c[nH]c2ncccc12. The van der Waals surface area contributed by atoms with Crippen molar-refractivity contribution in [2.45, 2.75) is 32.2 Å². The summed E-state index contributed by atoms with van der Waals surface area (Å²) in [6, 6.07) is 4.08. The van der Waals surface area contributed by atoms with Gasteiger partial charge in [-0.2, -0.15) is 0 Å². The van der Waals surface area contributed by atoms with Gasteiger partial charge in [-0.25, -0.2) is 4.98 Å². The maximum absolute atomic E-state index is 9.45. The predicted molar refractivity (Wildman–Crippen MR) is 80.3 cm³/mol. The van der Waals surface area contributed by atoms with Crippen molar-refractivity contribution in [2.24, 2.45) is 11.8 Å². The molecule has 20 heavy (non-hydrogen) atoms. The van der Waals surface area contributed by atoms with Crippen molar-refractivity contribution in [1.82, 2.24) is 15.3 Å². The van der Waals surface area contributed by atoms with Crippen LogP contribution in [0.2, 0.25) is 0 Å². The summed E-state index contributed by atoms with van der Waals surface area (Å²) in [6.45, 7) is 2.20. The van der Waals surface area contributed by atoms with Gasteiger partial charge < -0.3 is 15.4 Å². The van der Waals surface area contributed by atoms with Crippen molar-refractivity contribution in [2.75, 3.05) is 13.2 Å². The van der Waals surface area contributed by atoms with E-state index < -0.39 is 0 Å². The van der Waals surface area contributed by atoms with Crippen LogP contribution < -0.4 is 5.32 Å². The Morgan fingerprint density at radius 1 is 1.30 bits per heavy atom. The van der Waals surface area contributed by atoms with Gasteiger partial charge in [0.25, 0.3) is 0 Å². The smallest absolute Gasteiger partial charge is 0.137 e. The van der Waals surface area contributed by atoms with Gasteiger partial charge in [-0.15, -0.1) is 0 Å². The fourth-order valence-corrected chi connectivity index (χ4v) is 3.34. The molecule has 2 unspecified atom stereocenters. The van der Waals surface area contributed by atoms with E-state index in [0.29, 0.717) is 18.4 Å². The molecule has 0 aliphatic heterocycles. The molecule has 2 heterocycles. The Labute approximate surface area is 119 Å². The number of aliphatic hydroxyl groups is 1. The lowest BCUT2D eigenvalue weighted by atomic mass is 9.79. The van der Waals surface area contributed by atoms with Gasteiger partial charge in [0.15, 0.2) is 0 Å². The van der Waals surface area contributed by atoms with E-state index >= 15 is 0 Å². The fourth-order valence-electron chi connectivity index (χ4n) is 3.34. The van der Waals surface area contributed by atoms with E-state index in [1.807, 2.05) is 18.5 Å². The summed E-state index contributed by atoms with van der Waals surface area (Å²) in [4.78, 5) is 7.51. The first kappa shape index (κ1) is 13.6. The third-order valence-electron chi connectivity index (χ3n) is 4.56. The average Bonchev–Trinajstić information content (AvgIpc) is 2.91. The summed E-state index contributed by atoms with van der Waals surface area (Å²) in [7, 11) is 0. The first-order valence-electron chi connectivity index (χ1n) is 7.61. The molecular weight excluding hydrogens is 250 g/mol. The zero-order chi connectivity index (χ0) is 13.8. The lowest BCUT2D eigenvalue weighted by Crippen LogP contribution is -2.32. The summed E-state index contributed by atoms with van der Waals surface area (Å²) < 4.78 is 0. The van der Waals surface area contributed by atoms with Crippen molar-refractivity contribution in [3.05, 3.63) is 30.1 Å². The molecule has 1 aliphatic rings. The Morgan fingerprint density at radius 2 is 2.15 bits per heavy atom. The molecule has 2 aromatic rings. The van der Waals surface area contributed by atoms with E-state index in [2.05, 4.69) is 21.4 Å². The summed E-state index contributed by atoms with van der Waals surface area (Å²) >= 11 is 0. The quantitative estimate of drug-likeness (QED) is 0.784. The zero-order valence-corrected chi connectivity index (χ0v) is 11.8. The second-order valence-corrected chi connectivity index (χ2v) is 5.83. The number of aliphatic hydroxyl groups excluding tert-OH is 1. The minimum absolute atomic E-state index is 0.337. The van der Waals surface area contributed by atoms with Crippen LogP contribution in [0.5, 0.6) is 0 Å². The molecule has 0 aromatic carbocycles. The van der Waals surface area contributed by atoms with Crippen molar-refractivity contribution < 1.29 is 5.11 Å². The van der Waals surface area contributed by atoms with Crippen LogP contribution in [0.1, 0.15) is 31.2 Å². The van der Waals surface area contributed by atoms with E-state index in [4.69, 9.17) is 0 Å². The second-order valence-electron chi connectivity index (χ2n) is 5.83. The van der Waals surface area contributed by atoms with Gasteiger partial charge in [-0.1, -0.05) is 12.8 Å². The number of hydrogen-bond donors (Lipinski definition) is 3. The van der Waals surface area contributed by atoms with Gasteiger partial charge in [0.2, 0.25) is 0 Å². The molecule has 3 N–H and O–H groups in total. The normalized spacial score (nSPS) is 23.2. The van der Waals surface area contributed by atoms with Crippen LogP contribution in [0.25, 0.3) is 11.0 Å². The monoisotopic (exact) mass is 273 g/mol. The third-order valence-corrected chi connectivity index (χ3v) is 4.56. The largest absolute Gasteiger partial charge is 0.396 e. The van der Waals surface area contributed by atoms with Crippen LogP contribution in [0, 0.1) is 11.8 Å². The van der Waals surface area contributed by atoms with Crippen LogP contribution in [0.15, 0.2) is 24.5 Å². The summed E-state index contributed by atoms with van der Waals surface area (Å²) in [6.07, 6.45) is 8.85. The zero-order valence-electron chi connectivity index (χ0n) is 11.8. The Morgan fingerprint density at radius 3 is 3.00 bits per heavy atom. The number of H-pyrrole nitrogens is 1. The van der Waals surface area contributed by atoms with Gasteiger partial charge in [-0.3, -0.25) is 0 Å². The number of pyridine rings is 1. The lowest BCUT2D eigenvalue weighted by Gasteiger charge is -2.30. The van der Waals surface area contributed by atoms with Crippen molar-refractivity contribution >= 4 is 11.0 Å². The maximum Gasteiger partial charge on any atom is 0.137 e. The van der Waals surface area contributed by atoms with E-state index in [9.17, 15) is 5.11 Å². The van der Waals surface area contributed by atoms with Crippen LogP contribution >= 0.6 is 0 Å². The predicted octanol–water partition coefficient (Wildman–Crippen LogP) is 2.45. The molecule has 4 heteroatoms. The molecule has 0 amide bonds. The molecule has 0 radical (unpaired) electrons. The van der Waals surface area contributed by atoms with E-state index in [-0.39, 0.29) is 0 Å². The van der Waals surface area contributed by atoms with Crippen molar-refractivity contribution in [1.29, 1.82) is 0 Å². The number of rotatable bonds is 5. The Bertz CT molecular complexity index is 551. The fraction of sp³-hybridized carbons (Fsp3) is 0.562. The van der Waals surface area contributed by atoms with Crippen LogP contribution in [0.3, 0.4) is 0 Å². The van der Waals surface area contributed by atoms with Gasteiger partial charge in [0.05, 0.1) is 0 Å². The molecule has 2 atom stereocenters. The second kappa shape index (κ2) is 6.37. The minimum atomic E-state index is 0.337. The average molecular weight is 273 g/mol. The molecule has 3 rings (SSSR count). The Kier molecular flexibility index (Phi) is 4.33. The molecule has 1 fully saturated rings. The molecule has 4 nitrogen and oxygen atoms in total. The molecule has 1 aliphatic carbocycles. The van der Waals surface area contributed by atoms with Crippen LogP contribution in [0.4, 0.5) is 0 Å². The van der Waals surface area contributed by atoms with Gasteiger partial charge >= 0.3 is 0 Å². The topological polar surface area (TPSA) is 60.9 Å². The standard InChI is InChI=1S/C16H23N3O/c20-11-13-5-2-1-4-12(13)8-17-9-14-10-19-16-15(14)6-3-7-18-16/h3,6-7,10,12-13,17,20H,1-2,4-5,8-9,11H2,(H,18,19). The van der Waals surface area contributed by atoms with Crippen LogP contribution in [-0.4, -0.2) is 28.2 Å². The van der Waals surface area contributed by atoms with Crippen molar-refractivity contribution in [3.63, 3.8) is 0 Å². The molecular formula is C16H23N3O. The minimum Gasteiger partial charge on any atom is -0.396 e. The molecule has 108 valence electrons. The first-order valence-corrected chi connectivity index (χ1v) is 7.61. The third kappa shape index (κ3) is 2.86. The first-order chi connectivity index (χ1) is 9.88. The molecule has 0 saturated heterocycles. The molecule has 1 saturated carbocycles. The molecule has 0 spiro atoms. The highest BCUT2D eigenvalue weighted by atomic mass is 16.3. The lowest BCUT2D eigenvalue weighted by molar-refractivity contribution is 0.133. The highest BCUT2D eigenvalue weighted by molar-refractivity contribution is 5.79. The molecule has 2 aromatic heterocycles. The Hall–Kier alpha value is -1.39. The van der Waals surface area contributed by atoms with Gasteiger partial charge in [0, 0.05) is 30.9 Å². The number of fused-ring (bicyclic) bond motifs is 1. The maximum atomic E-state index is 9.45. The number of nitrogens with one attached hydrogen (secondary N) is 2. The van der Waals surface area contributed by atoms with Gasteiger partial charge in [-0.05, 0) is 48.9 Å². The number of aromatic amines is 1. The number of nitrogens with zero attached hydrogens (tertiary/aromatic N) is 1. The van der Waals surface area contributed by atoms with Crippen molar-refractivity contribution in [3.8, 4) is 0 Å². The highest BCUT2D eigenvalue weighted by Gasteiger charge is 2.23. The Balaban J connectivity index is 1.57. The van der Waals surface area contributed by atoms with E-state index in [0.717, 1.165) is 18.7 Å². The number of hydrogen-bond acceptors (Lipinski definition) is 3. The molecule has 0 bridgehead atoms. The van der Waals surface area contributed by atoms with Crippen LogP contribution in [-0.2, 0) is 6.54 Å².